The van der Waals surface area contributed by atoms with Crippen LogP contribution in [0.3, 0.4) is 0 Å². The standard InChI is InChI=1S/C13H26N2O2/c1-11(2)15-12(17)8-14-9-13(10-16)6-4-3-5-7-13/h11,14,16H,3-10H2,1-2H3,(H,15,17). The Bertz CT molecular complexity index is 236. The minimum Gasteiger partial charge on any atom is -0.396 e. The molecule has 0 heterocycles. The molecule has 1 amide bonds. The zero-order valence-electron chi connectivity index (χ0n) is 11.1. The van der Waals surface area contributed by atoms with Crippen molar-refractivity contribution in [1.29, 1.82) is 0 Å². The van der Waals surface area contributed by atoms with Gasteiger partial charge in [0.1, 0.15) is 0 Å². The number of amides is 1. The van der Waals surface area contributed by atoms with Gasteiger partial charge >= 0.3 is 0 Å². The fourth-order valence-electron chi connectivity index (χ4n) is 2.51. The molecular weight excluding hydrogens is 216 g/mol. The summed E-state index contributed by atoms with van der Waals surface area (Å²) < 4.78 is 0. The maximum absolute atomic E-state index is 11.5. The van der Waals surface area contributed by atoms with Crippen molar-refractivity contribution in [3.05, 3.63) is 0 Å². The van der Waals surface area contributed by atoms with E-state index in [2.05, 4.69) is 10.6 Å². The molecule has 3 N–H and O–H groups in total. The lowest BCUT2D eigenvalue weighted by atomic mass is 9.74. The molecule has 0 bridgehead atoms. The number of hydrogen-bond acceptors (Lipinski definition) is 3. The Morgan fingerprint density at radius 3 is 2.47 bits per heavy atom. The van der Waals surface area contributed by atoms with E-state index in [1.807, 2.05) is 13.8 Å². The fraction of sp³-hybridized carbons (Fsp3) is 0.923. The molecule has 0 atom stereocenters. The predicted molar refractivity (Wildman–Crippen MR) is 68.8 cm³/mol. The third-order valence-electron chi connectivity index (χ3n) is 3.48. The van der Waals surface area contributed by atoms with Crippen LogP contribution in [0.4, 0.5) is 0 Å². The van der Waals surface area contributed by atoms with Gasteiger partial charge in [-0.2, -0.15) is 0 Å². The van der Waals surface area contributed by atoms with Crippen LogP contribution in [-0.2, 0) is 4.79 Å². The Hall–Kier alpha value is -0.610. The summed E-state index contributed by atoms with van der Waals surface area (Å²) in [6.07, 6.45) is 5.81. The first-order chi connectivity index (χ1) is 8.08. The van der Waals surface area contributed by atoms with Crippen LogP contribution in [0.25, 0.3) is 0 Å². The summed E-state index contributed by atoms with van der Waals surface area (Å²) >= 11 is 0. The van der Waals surface area contributed by atoms with Crippen LogP contribution in [-0.4, -0.2) is 36.8 Å². The highest BCUT2D eigenvalue weighted by Gasteiger charge is 2.30. The monoisotopic (exact) mass is 242 g/mol. The molecule has 0 unspecified atom stereocenters. The van der Waals surface area contributed by atoms with E-state index in [1.165, 1.54) is 19.3 Å². The van der Waals surface area contributed by atoms with Crippen LogP contribution in [0.5, 0.6) is 0 Å². The molecule has 100 valence electrons. The largest absolute Gasteiger partial charge is 0.396 e. The number of aliphatic hydroxyl groups is 1. The molecule has 1 aliphatic carbocycles. The second-order valence-electron chi connectivity index (χ2n) is 5.54. The number of aliphatic hydroxyl groups excluding tert-OH is 1. The van der Waals surface area contributed by atoms with Crippen molar-refractivity contribution in [2.75, 3.05) is 19.7 Å². The lowest BCUT2D eigenvalue weighted by molar-refractivity contribution is -0.120. The summed E-state index contributed by atoms with van der Waals surface area (Å²) in [5.74, 6) is 0.0314. The SMILES string of the molecule is CC(C)NC(=O)CNCC1(CO)CCCCC1. The predicted octanol–water partition coefficient (Wildman–Crippen LogP) is 1.04. The Labute approximate surface area is 104 Å². The molecule has 17 heavy (non-hydrogen) atoms. The summed E-state index contributed by atoms with van der Waals surface area (Å²) in [7, 11) is 0. The molecule has 0 aromatic carbocycles. The van der Waals surface area contributed by atoms with E-state index in [4.69, 9.17) is 0 Å². The second kappa shape index (κ2) is 6.97. The molecule has 1 saturated carbocycles. The van der Waals surface area contributed by atoms with Crippen molar-refractivity contribution in [1.82, 2.24) is 10.6 Å². The molecule has 0 saturated heterocycles. The zero-order valence-corrected chi connectivity index (χ0v) is 11.1. The summed E-state index contributed by atoms with van der Waals surface area (Å²) in [5.41, 5.74) is 0.0103. The van der Waals surface area contributed by atoms with Gasteiger partial charge in [0.25, 0.3) is 0 Å². The van der Waals surface area contributed by atoms with Gasteiger partial charge < -0.3 is 15.7 Å². The lowest BCUT2D eigenvalue weighted by Gasteiger charge is -2.35. The second-order valence-corrected chi connectivity index (χ2v) is 5.54. The molecule has 4 heteroatoms. The van der Waals surface area contributed by atoms with E-state index in [9.17, 15) is 9.90 Å². The first kappa shape index (κ1) is 14.5. The van der Waals surface area contributed by atoms with Gasteiger partial charge in [-0.05, 0) is 26.7 Å². The third-order valence-corrected chi connectivity index (χ3v) is 3.48. The van der Waals surface area contributed by atoms with E-state index in [1.54, 1.807) is 0 Å². The summed E-state index contributed by atoms with van der Waals surface area (Å²) in [4.78, 5) is 11.5. The lowest BCUT2D eigenvalue weighted by Crippen LogP contribution is -2.44. The number of nitrogens with one attached hydrogen (secondary N) is 2. The van der Waals surface area contributed by atoms with Gasteiger partial charge in [0.05, 0.1) is 6.54 Å². The van der Waals surface area contributed by atoms with Crippen LogP contribution in [0.15, 0.2) is 0 Å². The van der Waals surface area contributed by atoms with Gasteiger partial charge in [-0.15, -0.1) is 0 Å². The van der Waals surface area contributed by atoms with Gasteiger partial charge in [-0.3, -0.25) is 4.79 Å². The van der Waals surface area contributed by atoms with Crippen molar-refractivity contribution >= 4 is 5.91 Å². The van der Waals surface area contributed by atoms with Crippen LogP contribution >= 0.6 is 0 Å². The highest BCUT2D eigenvalue weighted by Crippen LogP contribution is 2.34. The van der Waals surface area contributed by atoms with E-state index in [0.29, 0.717) is 6.54 Å². The van der Waals surface area contributed by atoms with Gasteiger partial charge in [0.2, 0.25) is 5.91 Å². The first-order valence-corrected chi connectivity index (χ1v) is 6.69. The molecule has 0 aliphatic heterocycles. The molecule has 0 aromatic heterocycles. The average molecular weight is 242 g/mol. The number of carbonyl (C=O) groups is 1. The van der Waals surface area contributed by atoms with Gasteiger partial charge in [-0.1, -0.05) is 19.3 Å². The van der Waals surface area contributed by atoms with E-state index >= 15 is 0 Å². The highest BCUT2D eigenvalue weighted by atomic mass is 16.3. The van der Waals surface area contributed by atoms with E-state index < -0.39 is 0 Å². The van der Waals surface area contributed by atoms with Crippen molar-refractivity contribution in [2.45, 2.75) is 52.0 Å². The normalized spacial score (nSPS) is 19.3. The Morgan fingerprint density at radius 1 is 1.29 bits per heavy atom. The summed E-state index contributed by atoms with van der Waals surface area (Å²) in [6.45, 7) is 5.23. The van der Waals surface area contributed by atoms with Crippen LogP contribution in [0, 0.1) is 5.41 Å². The Morgan fingerprint density at radius 2 is 1.94 bits per heavy atom. The highest BCUT2D eigenvalue weighted by molar-refractivity contribution is 5.78. The topological polar surface area (TPSA) is 61.4 Å². The number of carbonyl (C=O) groups excluding carboxylic acids is 1. The summed E-state index contributed by atoms with van der Waals surface area (Å²) in [6, 6.07) is 0.186. The molecule has 1 fully saturated rings. The smallest absolute Gasteiger partial charge is 0.234 e. The molecule has 1 aliphatic rings. The van der Waals surface area contributed by atoms with Crippen molar-refractivity contribution in [2.24, 2.45) is 5.41 Å². The first-order valence-electron chi connectivity index (χ1n) is 6.69. The number of hydrogen-bond donors (Lipinski definition) is 3. The van der Waals surface area contributed by atoms with Crippen molar-refractivity contribution < 1.29 is 9.90 Å². The quantitative estimate of drug-likeness (QED) is 0.652. The Balaban J connectivity index is 2.25. The summed E-state index contributed by atoms with van der Waals surface area (Å²) in [5, 5.41) is 15.5. The average Bonchev–Trinajstić information content (AvgIpc) is 2.29. The van der Waals surface area contributed by atoms with Gasteiger partial charge in [-0.25, -0.2) is 0 Å². The van der Waals surface area contributed by atoms with E-state index in [0.717, 1.165) is 19.4 Å². The zero-order chi connectivity index (χ0) is 12.7. The maximum atomic E-state index is 11.5. The van der Waals surface area contributed by atoms with Crippen molar-refractivity contribution in [3.63, 3.8) is 0 Å². The molecule has 4 nitrogen and oxygen atoms in total. The number of rotatable bonds is 6. The molecule has 0 radical (unpaired) electrons. The minimum atomic E-state index is 0.0103. The third kappa shape index (κ3) is 5.04. The van der Waals surface area contributed by atoms with Crippen LogP contribution in [0.2, 0.25) is 0 Å². The van der Waals surface area contributed by atoms with Crippen molar-refractivity contribution in [3.8, 4) is 0 Å². The van der Waals surface area contributed by atoms with E-state index in [-0.39, 0.29) is 24.0 Å². The fourth-order valence-corrected chi connectivity index (χ4v) is 2.51. The minimum absolute atomic E-state index is 0.0103. The van der Waals surface area contributed by atoms with Crippen LogP contribution < -0.4 is 10.6 Å². The van der Waals surface area contributed by atoms with Gasteiger partial charge in [0, 0.05) is 24.6 Å². The molecule has 1 rings (SSSR count). The maximum Gasteiger partial charge on any atom is 0.234 e. The Kier molecular flexibility index (Phi) is 5.92. The molecule has 0 spiro atoms. The van der Waals surface area contributed by atoms with Gasteiger partial charge in [0.15, 0.2) is 0 Å². The molecular formula is C13H26N2O2. The molecule has 0 aromatic rings. The van der Waals surface area contributed by atoms with Crippen LogP contribution in [0.1, 0.15) is 46.0 Å².